The summed E-state index contributed by atoms with van der Waals surface area (Å²) in [7, 11) is 1.94. The van der Waals surface area contributed by atoms with Crippen molar-refractivity contribution in [3.05, 3.63) is 60.2 Å². The van der Waals surface area contributed by atoms with E-state index in [4.69, 9.17) is 4.99 Å². The van der Waals surface area contributed by atoms with Gasteiger partial charge >= 0.3 is 0 Å². The number of carbonyl (C=O) groups is 2. The molecule has 29 heavy (non-hydrogen) atoms. The van der Waals surface area contributed by atoms with Crippen LogP contribution in [0.4, 0.5) is 11.4 Å². The number of fused-ring (bicyclic) bond motifs is 2. The first-order valence-corrected chi connectivity index (χ1v) is 10.5. The topological polar surface area (TPSA) is 53.0 Å². The van der Waals surface area contributed by atoms with E-state index in [1.807, 2.05) is 66.5 Å². The minimum absolute atomic E-state index is 0.124. The van der Waals surface area contributed by atoms with Crippen LogP contribution in [0.15, 0.2) is 59.6 Å². The molecular weight excluding hydrogens is 362 g/mol. The van der Waals surface area contributed by atoms with Gasteiger partial charge in [-0.3, -0.25) is 14.5 Å². The Balaban J connectivity index is 1.65. The van der Waals surface area contributed by atoms with E-state index in [1.54, 1.807) is 4.90 Å². The molecular formula is C24H25N3O2. The second kappa shape index (κ2) is 7.14. The summed E-state index contributed by atoms with van der Waals surface area (Å²) < 4.78 is 0. The van der Waals surface area contributed by atoms with Gasteiger partial charge in [0, 0.05) is 24.2 Å². The first-order valence-electron chi connectivity index (χ1n) is 10.5. The highest BCUT2D eigenvalue weighted by molar-refractivity contribution is 6.28. The van der Waals surface area contributed by atoms with Crippen LogP contribution in [0.2, 0.25) is 0 Å². The summed E-state index contributed by atoms with van der Waals surface area (Å²) in [5.41, 5.74) is 2.26. The lowest BCUT2D eigenvalue weighted by molar-refractivity contribution is -0.121. The minimum Gasteiger partial charge on any atom is -0.351 e. The van der Waals surface area contributed by atoms with Gasteiger partial charge in [0.25, 0.3) is 0 Å². The van der Waals surface area contributed by atoms with E-state index in [-0.39, 0.29) is 17.6 Å². The molecule has 2 aromatic carbocycles. The molecule has 0 N–H and O–H groups in total. The zero-order valence-electron chi connectivity index (χ0n) is 16.6. The zero-order chi connectivity index (χ0) is 20.0. The van der Waals surface area contributed by atoms with Crippen LogP contribution in [0.5, 0.6) is 0 Å². The molecule has 0 radical (unpaired) electrons. The largest absolute Gasteiger partial charge is 0.351 e. The lowest BCUT2D eigenvalue weighted by atomic mass is 9.83. The SMILES string of the molecule is CN1c2ccccc2C(=O)C2C(=O)N(c3ccccc3)C(C3CCCCC3)=NC21. The molecule has 1 saturated carbocycles. The van der Waals surface area contributed by atoms with Crippen molar-refractivity contribution in [1.82, 2.24) is 0 Å². The Labute approximate surface area is 171 Å². The standard InChI is InChI=1S/C24H25N3O2/c1-26-19-15-9-8-14-18(19)21(28)20-23(26)25-22(16-10-4-2-5-11-16)27(24(20)29)17-12-6-3-7-13-17/h3,6-9,12-16,20,23H,2,4-5,10-11H2,1H3. The van der Waals surface area contributed by atoms with Crippen LogP contribution in [0.3, 0.4) is 0 Å². The third kappa shape index (κ3) is 2.87. The molecule has 148 valence electrons. The van der Waals surface area contributed by atoms with Crippen LogP contribution < -0.4 is 9.80 Å². The van der Waals surface area contributed by atoms with Crippen molar-refractivity contribution >= 4 is 28.9 Å². The molecule has 5 heteroatoms. The lowest BCUT2D eigenvalue weighted by Gasteiger charge is -2.45. The Morgan fingerprint density at radius 2 is 1.59 bits per heavy atom. The monoisotopic (exact) mass is 387 g/mol. The maximum absolute atomic E-state index is 13.8. The second-order valence-electron chi connectivity index (χ2n) is 8.22. The van der Waals surface area contributed by atoms with Gasteiger partial charge in [0.2, 0.25) is 5.91 Å². The summed E-state index contributed by atoms with van der Waals surface area (Å²) in [4.78, 5) is 35.9. The third-order valence-electron chi connectivity index (χ3n) is 6.49. The number of benzene rings is 2. The number of hydrogen-bond donors (Lipinski definition) is 0. The van der Waals surface area contributed by atoms with E-state index < -0.39 is 12.1 Å². The number of nitrogens with zero attached hydrogens (tertiary/aromatic N) is 3. The van der Waals surface area contributed by atoms with Crippen molar-refractivity contribution < 1.29 is 9.59 Å². The Bertz CT molecular complexity index is 979. The number of para-hydroxylation sites is 2. The zero-order valence-corrected chi connectivity index (χ0v) is 16.6. The van der Waals surface area contributed by atoms with Gasteiger partial charge in [-0.05, 0) is 37.1 Å². The van der Waals surface area contributed by atoms with Gasteiger partial charge < -0.3 is 4.90 Å². The van der Waals surface area contributed by atoms with Crippen LogP contribution in [0.1, 0.15) is 42.5 Å². The van der Waals surface area contributed by atoms with Crippen LogP contribution in [-0.4, -0.2) is 30.7 Å². The number of aliphatic imine (C=N–C) groups is 1. The fraction of sp³-hybridized carbons (Fsp3) is 0.375. The summed E-state index contributed by atoms with van der Waals surface area (Å²) in [5.74, 6) is 0.0161. The number of ketones is 1. The molecule has 1 amide bonds. The van der Waals surface area contributed by atoms with Gasteiger partial charge in [0.1, 0.15) is 17.9 Å². The Morgan fingerprint density at radius 1 is 0.897 bits per heavy atom. The van der Waals surface area contributed by atoms with Gasteiger partial charge in [-0.1, -0.05) is 49.6 Å². The van der Waals surface area contributed by atoms with Gasteiger partial charge in [0.15, 0.2) is 5.78 Å². The minimum atomic E-state index is -0.803. The number of rotatable bonds is 2. The molecule has 1 fully saturated rings. The van der Waals surface area contributed by atoms with Crippen LogP contribution in [0, 0.1) is 11.8 Å². The molecule has 0 spiro atoms. The van der Waals surface area contributed by atoms with Crippen molar-refractivity contribution in [1.29, 1.82) is 0 Å². The first kappa shape index (κ1) is 18.1. The molecule has 2 aliphatic heterocycles. The third-order valence-corrected chi connectivity index (χ3v) is 6.49. The Morgan fingerprint density at radius 3 is 2.34 bits per heavy atom. The maximum Gasteiger partial charge on any atom is 0.247 e. The van der Waals surface area contributed by atoms with Gasteiger partial charge in [0.05, 0.1) is 5.69 Å². The molecule has 2 heterocycles. The molecule has 0 saturated heterocycles. The van der Waals surface area contributed by atoms with E-state index in [9.17, 15) is 9.59 Å². The second-order valence-corrected chi connectivity index (χ2v) is 8.22. The molecule has 1 aliphatic carbocycles. The van der Waals surface area contributed by atoms with Gasteiger partial charge in [-0.25, -0.2) is 4.99 Å². The van der Waals surface area contributed by atoms with E-state index in [2.05, 4.69) is 0 Å². The molecule has 0 aromatic heterocycles. The molecule has 5 rings (SSSR count). The van der Waals surface area contributed by atoms with Crippen molar-refractivity contribution in [3.63, 3.8) is 0 Å². The van der Waals surface area contributed by atoms with Crippen LogP contribution in [-0.2, 0) is 4.79 Å². The summed E-state index contributed by atoms with van der Waals surface area (Å²) in [5, 5.41) is 0. The number of amides is 1. The Kier molecular flexibility index (Phi) is 4.46. The molecule has 2 unspecified atom stereocenters. The lowest BCUT2D eigenvalue weighted by Crippen LogP contribution is -2.59. The van der Waals surface area contributed by atoms with E-state index >= 15 is 0 Å². The first-order chi connectivity index (χ1) is 14.2. The number of amidine groups is 1. The highest BCUT2D eigenvalue weighted by Crippen LogP contribution is 2.39. The average Bonchev–Trinajstić information content (AvgIpc) is 2.78. The summed E-state index contributed by atoms with van der Waals surface area (Å²) >= 11 is 0. The van der Waals surface area contributed by atoms with E-state index in [0.717, 1.165) is 42.9 Å². The fourth-order valence-electron chi connectivity index (χ4n) is 4.99. The van der Waals surface area contributed by atoms with Crippen molar-refractivity contribution in [2.45, 2.75) is 38.3 Å². The summed E-state index contributed by atoms with van der Waals surface area (Å²) in [6, 6.07) is 17.2. The Hall–Kier alpha value is -2.95. The number of anilines is 2. The molecule has 2 atom stereocenters. The van der Waals surface area contributed by atoms with E-state index in [0.29, 0.717) is 5.56 Å². The predicted molar refractivity (Wildman–Crippen MR) is 114 cm³/mol. The summed E-state index contributed by atoms with van der Waals surface area (Å²) in [6.07, 6.45) is 5.17. The fourth-order valence-corrected chi connectivity index (χ4v) is 4.99. The number of Topliss-reactive ketones (excluding diaryl/α,β-unsaturated/α-hetero) is 1. The molecule has 3 aliphatic rings. The number of hydrogen-bond acceptors (Lipinski definition) is 4. The summed E-state index contributed by atoms with van der Waals surface area (Å²) in [6.45, 7) is 0. The van der Waals surface area contributed by atoms with Crippen molar-refractivity contribution in [3.8, 4) is 0 Å². The van der Waals surface area contributed by atoms with Crippen molar-refractivity contribution in [2.75, 3.05) is 16.8 Å². The predicted octanol–water partition coefficient (Wildman–Crippen LogP) is 4.29. The number of carbonyl (C=O) groups excluding carboxylic acids is 2. The average molecular weight is 387 g/mol. The van der Waals surface area contributed by atoms with Crippen LogP contribution in [0.25, 0.3) is 0 Å². The highest BCUT2D eigenvalue weighted by Gasteiger charge is 2.50. The quantitative estimate of drug-likeness (QED) is 0.723. The van der Waals surface area contributed by atoms with Crippen LogP contribution >= 0.6 is 0 Å². The van der Waals surface area contributed by atoms with Gasteiger partial charge in [-0.15, -0.1) is 0 Å². The normalized spacial score (nSPS) is 24.8. The van der Waals surface area contributed by atoms with E-state index in [1.165, 1.54) is 6.42 Å². The maximum atomic E-state index is 13.8. The van der Waals surface area contributed by atoms with Gasteiger partial charge in [-0.2, -0.15) is 0 Å². The molecule has 0 bridgehead atoms. The smallest absolute Gasteiger partial charge is 0.247 e. The molecule has 5 nitrogen and oxygen atoms in total. The van der Waals surface area contributed by atoms with Crippen molar-refractivity contribution in [2.24, 2.45) is 16.8 Å². The molecule has 2 aromatic rings. The highest BCUT2D eigenvalue weighted by atomic mass is 16.2.